The Bertz CT molecular complexity index is 577. The number of carbonyl (C=O) groups is 1. The molecule has 0 atom stereocenters. The van der Waals surface area contributed by atoms with E-state index in [1.165, 1.54) is 16.7 Å². The minimum atomic E-state index is 0. The second-order valence-electron chi connectivity index (χ2n) is 6.39. The van der Waals surface area contributed by atoms with E-state index in [1.807, 2.05) is 33.8 Å². The van der Waals surface area contributed by atoms with Crippen LogP contribution in [0.2, 0.25) is 0 Å². The van der Waals surface area contributed by atoms with Gasteiger partial charge in [-0.2, -0.15) is 0 Å². The average Bonchev–Trinajstić information content (AvgIpc) is 2.54. The number of carbonyl (C=O) groups excluding carboxylic acids is 1. The van der Waals surface area contributed by atoms with Crippen molar-refractivity contribution < 1.29 is 6.22 Å². The average molecular weight is 313 g/mol. The molecule has 0 aliphatic heterocycles. The highest BCUT2D eigenvalue weighted by Gasteiger charge is 2.06. The second kappa shape index (κ2) is 9.96. The van der Waals surface area contributed by atoms with Crippen LogP contribution in [-0.4, -0.2) is 18.4 Å². The van der Waals surface area contributed by atoms with Gasteiger partial charge in [-0.25, -0.2) is 0 Å². The Morgan fingerprint density at radius 3 is 1.91 bits per heavy atom. The number of hydrogen-bond acceptors (Lipinski definition) is 2. The first-order valence-electron chi connectivity index (χ1n) is 8.28. The summed E-state index contributed by atoms with van der Waals surface area (Å²) >= 11 is 0. The number of Topliss-reactive ketones (excluding diaryl/α,β-unsaturated/α-hetero) is 1. The van der Waals surface area contributed by atoms with Crippen molar-refractivity contribution in [3.8, 4) is 11.1 Å². The van der Waals surface area contributed by atoms with Gasteiger partial charge in [-0.1, -0.05) is 87.9 Å². The molecule has 2 aromatic rings. The van der Waals surface area contributed by atoms with Gasteiger partial charge in [0, 0.05) is 13.4 Å². The predicted molar refractivity (Wildman–Crippen MR) is 102 cm³/mol. The molecule has 0 saturated heterocycles. The molecule has 0 bridgehead atoms. The van der Waals surface area contributed by atoms with Crippen molar-refractivity contribution in [3.05, 3.63) is 60.2 Å². The Labute approximate surface area is 142 Å². The van der Waals surface area contributed by atoms with Crippen molar-refractivity contribution in [2.75, 3.05) is 6.54 Å². The predicted octanol–water partition coefficient (Wildman–Crippen LogP) is 5.12. The minimum absolute atomic E-state index is 0. The van der Waals surface area contributed by atoms with Crippen LogP contribution in [0.25, 0.3) is 11.1 Å². The maximum atomic E-state index is 11.0. The molecule has 2 heteroatoms. The molecule has 126 valence electrons. The van der Waals surface area contributed by atoms with E-state index < -0.39 is 0 Å². The standard InChI is InChI=1S/C13H12.C8H17NO.H2/c1-11-7-9-13(10-8-11)12-5-3-2-4-6-12;1-6(2)8(10)5-9-7(3)4;/h2-10H,1H3;6-7,9H,5H2,1-4H3;1H. The van der Waals surface area contributed by atoms with Gasteiger partial charge in [-0.15, -0.1) is 0 Å². The van der Waals surface area contributed by atoms with Gasteiger partial charge >= 0.3 is 0 Å². The van der Waals surface area contributed by atoms with Gasteiger partial charge in [0.05, 0.1) is 6.54 Å². The van der Waals surface area contributed by atoms with Crippen LogP contribution in [0.1, 0.15) is 34.7 Å². The largest absolute Gasteiger partial charge is 0.308 e. The summed E-state index contributed by atoms with van der Waals surface area (Å²) in [6.07, 6.45) is 0. The first kappa shape index (κ1) is 19.1. The fourth-order valence-electron chi connectivity index (χ4n) is 1.89. The fourth-order valence-corrected chi connectivity index (χ4v) is 1.89. The molecule has 2 aromatic carbocycles. The van der Waals surface area contributed by atoms with Crippen molar-refractivity contribution >= 4 is 5.78 Å². The molecule has 0 unspecified atom stereocenters. The SMILES string of the molecule is CC(C)NCC(=O)C(C)C.Cc1ccc(-c2ccccc2)cc1.[HH]. The lowest BCUT2D eigenvalue weighted by molar-refractivity contribution is -0.121. The summed E-state index contributed by atoms with van der Waals surface area (Å²) in [5, 5.41) is 3.08. The molecular weight excluding hydrogens is 282 g/mol. The zero-order valence-corrected chi connectivity index (χ0v) is 15.0. The summed E-state index contributed by atoms with van der Waals surface area (Å²) in [6.45, 7) is 10.5. The summed E-state index contributed by atoms with van der Waals surface area (Å²) in [7, 11) is 0. The molecule has 0 aliphatic carbocycles. The van der Waals surface area contributed by atoms with E-state index >= 15 is 0 Å². The molecule has 0 heterocycles. The number of nitrogens with one attached hydrogen (secondary N) is 1. The molecule has 0 spiro atoms. The van der Waals surface area contributed by atoms with E-state index in [-0.39, 0.29) is 13.1 Å². The van der Waals surface area contributed by atoms with Gasteiger partial charge in [0.1, 0.15) is 5.78 Å². The minimum Gasteiger partial charge on any atom is -0.308 e. The maximum Gasteiger partial charge on any atom is 0.149 e. The van der Waals surface area contributed by atoms with Crippen LogP contribution in [0.5, 0.6) is 0 Å². The van der Waals surface area contributed by atoms with E-state index in [0.717, 1.165) is 0 Å². The Morgan fingerprint density at radius 1 is 0.913 bits per heavy atom. The molecule has 0 aromatic heterocycles. The normalized spacial score (nSPS) is 10.4. The number of hydrogen-bond donors (Lipinski definition) is 1. The van der Waals surface area contributed by atoms with Crippen molar-refractivity contribution in [2.45, 2.75) is 40.7 Å². The van der Waals surface area contributed by atoms with Crippen LogP contribution in [0.4, 0.5) is 0 Å². The highest BCUT2D eigenvalue weighted by Crippen LogP contribution is 2.18. The van der Waals surface area contributed by atoms with Gasteiger partial charge in [-0.05, 0) is 18.1 Å². The Hall–Kier alpha value is -1.93. The third-order valence-electron chi connectivity index (χ3n) is 3.49. The van der Waals surface area contributed by atoms with Crippen LogP contribution in [-0.2, 0) is 4.79 Å². The first-order valence-corrected chi connectivity index (χ1v) is 8.28. The molecule has 1 N–H and O–H groups in total. The van der Waals surface area contributed by atoms with Crippen molar-refractivity contribution in [1.29, 1.82) is 0 Å². The summed E-state index contributed by atoms with van der Waals surface area (Å²) < 4.78 is 0. The van der Waals surface area contributed by atoms with E-state index in [0.29, 0.717) is 12.6 Å². The van der Waals surface area contributed by atoms with Crippen LogP contribution in [0, 0.1) is 12.8 Å². The van der Waals surface area contributed by atoms with E-state index in [1.54, 1.807) is 0 Å². The lowest BCUT2D eigenvalue weighted by atomic mass is 10.0. The Morgan fingerprint density at radius 2 is 1.43 bits per heavy atom. The third kappa shape index (κ3) is 7.75. The number of ketones is 1. The van der Waals surface area contributed by atoms with E-state index in [4.69, 9.17) is 0 Å². The molecule has 0 fully saturated rings. The van der Waals surface area contributed by atoms with Gasteiger partial charge in [-0.3, -0.25) is 4.79 Å². The summed E-state index contributed by atoms with van der Waals surface area (Å²) in [5.41, 5.74) is 3.87. The maximum absolute atomic E-state index is 11.0. The van der Waals surface area contributed by atoms with E-state index in [2.05, 4.69) is 60.8 Å². The summed E-state index contributed by atoms with van der Waals surface area (Å²) in [6, 6.07) is 19.4. The molecular formula is C21H31NO. The fraction of sp³-hybridized carbons (Fsp3) is 0.381. The van der Waals surface area contributed by atoms with Crippen molar-refractivity contribution in [3.63, 3.8) is 0 Å². The van der Waals surface area contributed by atoms with Gasteiger partial charge in [0.2, 0.25) is 0 Å². The monoisotopic (exact) mass is 313 g/mol. The zero-order valence-electron chi connectivity index (χ0n) is 15.0. The van der Waals surface area contributed by atoms with Gasteiger partial charge in [0.15, 0.2) is 0 Å². The first-order chi connectivity index (χ1) is 10.9. The van der Waals surface area contributed by atoms with Crippen molar-refractivity contribution in [2.24, 2.45) is 5.92 Å². The molecule has 0 amide bonds. The van der Waals surface area contributed by atoms with Crippen LogP contribution in [0.15, 0.2) is 54.6 Å². The Kier molecular flexibility index (Phi) is 8.28. The van der Waals surface area contributed by atoms with Crippen LogP contribution in [0.3, 0.4) is 0 Å². The molecule has 2 nitrogen and oxygen atoms in total. The highest BCUT2D eigenvalue weighted by molar-refractivity contribution is 5.82. The third-order valence-corrected chi connectivity index (χ3v) is 3.49. The van der Waals surface area contributed by atoms with Gasteiger partial charge < -0.3 is 5.32 Å². The van der Waals surface area contributed by atoms with Gasteiger partial charge in [0.25, 0.3) is 0 Å². The number of aryl methyl sites for hydroxylation is 1. The molecule has 2 rings (SSSR count). The van der Waals surface area contributed by atoms with Crippen LogP contribution < -0.4 is 5.32 Å². The smallest absolute Gasteiger partial charge is 0.149 e. The summed E-state index contributed by atoms with van der Waals surface area (Å²) in [4.78, 5) is 11.0. The van der Waals surface area contributed by atoms with E-state index in [9.17, 15) is 4.79 Å². The topological polar surface area (TPSA) is 29.1 Å². The highest BCUT2D eigenvalue weighted by atomic mass is 16.1. The second-order valence-corrected chi connectivity index (χ2v) is 6.39. The lowest BCUT2D eigenvalue weighted by Gasteiger charge is -2.08. The van der Waals surface area contributed by atoms with Crippen molar-refractivity contribution in [1.82, 2.24) is 5.32 Å². The van der Waals surface area contributed by atoms with Crippen LogP contribution >= 0.6 is 0 Å². The number of benzene rings is 2. The molecule has 23 heavy (non-hydrogen) atoms. The molecule has 0 aliphatic rings. The lowest BCUT2D eigenvalue weighted by Crippen LogP contribution is -2.31. The summed E-state index contributed by atoms with van der Waals surface area (Å²) in [5.74, 6) is 0.444. The zero-order chi connectivity index (χ0) is 17.2. The Balaban J connectivity index is 0.000000441. The molecule has 0 radical (unpaired) electrons. The molecule has 0 saturated carbocycles. The number of rotatable bonds is 5. The quantitative estimate of drug-likeness (QED) is 0.830.